The summed E-state index contributed by atoms with van der Waals surface area (Å²) in [5.41, 5.74) is 5.03. The lowest BCUT2D eigenvalue weighted by Gasteiger charge is -2.14. The van der Waals surface area contributed by atoms with Crippen molar-refractivity contribution in [1.29, 1.82) is 0 Å². The van der Waals surface area contributed by atoms with E-state index in [2.05, 4.69) is 40.8 Å². The fourth-order valence-electron chi connectivity index (χ4n) is 3.70. The molecule has 0 spiro atoms. The van der Waals surface area contributed by atoms with Crippen LogP contribution in [0.2, 0.25) is 0 Å². The minimum Gasteiger partial charge on any atom is -0.497 e. The number of aromatic nitrogens is 2. The normalized spacial score (nSPS) is 11.3. The molecule has 3 aromatic carbocycles. The number of fused-ring (bicyclic) bond motifs is 5. The Kier molecular flexibility index (Phi) is 3.50. The van der Waals surface area contributed by atoms with Crippen molar-refractivity contribution < 1.29 is 9.47 Å². The summed E-state index contributed by atoms with van der Waals surface area (Å²) in [6, 6.07) is 24.6. The van der Waals surface area contributed by atoms with E-state index in [9.17, 15) is 0 Å². The van der Waals surface area contributed by atoms with Gasteiger partial charge >= 0.3 is 0 Å². The van der Waals surface area contributed by atoms with E-state index < -0.39 is 0 Å². The summed E-state index contributed by atoms with van der Waals surface area (Å²) in [5.74, 6) is 1.53. The smallest absolute Gasteiger partial charge is 0.146 e. The first kappa shape index (κ1) is 15.7. The Morgan fingerprint density at radius 2 is 1.63 bits per heavy atom. The number of benzene rings is 3. The maximum atomic E-state index is 5.68. The molecule has 0 radical (unpaired) electrons. The molecule has 0 atom stereocenters. The second-order valence-corrected chi connectivity index (χ2v) is 6.44. The Labute approximate surface area is 156 Å². The zero-order valence-corrected chi connectivity index (χ0v) is 15.1. The minimum atomic E-state index is 0.767. The van der Waals surface area contributed by atoms with Crippen molar-refractivity contribution in [2.45, 2.75) is 0 Å². The van der Waals surface area contributed by atoms with Gasteiger partial charge in [-0.2, -0.15) is 0 Å². The van der Waals surface area contributed by atoms with E-state index in [1.54, 1.807) is 14.2 Å². The molecule has 0 unspecified atom stereocenters. The van der Waals surface area contributed by atoms with Crippen molar-refractivity contribution >= 4 is 27.5 Å². The predicted molar refractivity (Wildman–Crippen MR) is 109 cm³/mol. The van der Waals surface area contributed by atoms with Crippen LogP contribution < -0.4 is 9.47 Å². The van der Waals surface area contributed by atoms with Gasteiger partial charge in [-0.1, -0.05) is 36.4 Å². The lowest BCUT2D eigenvalue weighted by Crippen LogP contribution is -1.97. The summed E-state index contributed by atoms with van der Waals surface area (Å²) in [6.07, 6.45) is 0. The number of ether oxygens (including phenoxy) is 2. The lowest BCUT2D eigenvalue weighted by atomic mass is 10.1. The molecule has 0 saturated heterocycles. The van der Waals surface area contributed by atoms with Crippen LogP contribution in [0.4, 0.5) is 0 Å². The third kappa shape index (κ3) is 2.34. The highest BCUT2D eigenvalue weighted by atomic mass is 16.5. The van der Waals surface area contributed by atoms with Gasteiger partial charge in [0, 0.05) is 17.0 Å². The van der Waals surface area contributed by atoms with Gasteiger partial charge in [-0.3, -0.25) is 4.40 Å². The van der Waals surface area contributed by atoms with Crippen molar-refractivity contribution in [3.8, 4) is 22.8 Å². The molecule has 0 aliphatic rings. The van der Waals surface area contributed by atoms with Gasteiger partial charge < -0.3 is 9.47 Å². The zero-order chi connectivity index (χ0) is 18.4. The lowest BCUT2D eigenvalue weighted by molar-refractivity contribution is 0.395. The minimum absolute atomic E-state index is 0.767. The predicted octanol–water partition coefficient (Wildman–Crippen LogP) is 5.32. The summed E-state index contributed by atoms with van der Waals surface area (Å²) >= 11 is 0. The molecular formula is C23H18N2O2. The summed E-state index contributed by atoms with van der Waals surface area (Å²) in [7, 11) is 3.34. The van der Waals surface area contributed by atoms with Crippen LogP contribution in [0.1, 0.15) is 0 Å². The molecule has 0 amide bonds. The molecule has 0 aliphatic heterocycles. The van der Waals surface area contributed by atoms with Gasteiger partial charge in [-0.15, -0.1) is 0 Å². The Bertz CT molecular complexity index is 1300. The summed E-state index contributed by atoms with van der Waals surface area (Å²) in [6.45, 7) is 0. The number of rotatable bonds is 3. The maximum absolute atomic E-state index is 5.68. The van der Waals surface area contributed by atoms with Gasteiger partial charge in [-0.25, -0.2) is 4.98 Å². The Morgan fingerprint density at radius 3 is 2.48 bits per heavy atom. The van der Waals surface area contributed by atoms with Gasteiger partial charge in [0.15, 0.2) is 0 Å². The third-order valence-corrected chi connectivity index (χ3v) is 4.98. The molecular weight excluding hydrogens is 336 g/mol. The van der Waals surface area contributed by atoms with E-state index in [0.717, 1.165) is 50.2 Å². The number of hydrogen-bond donors (Lipinski definition) is 0. The van der Waals surface area contributed by atoms with Crippen molar-refractivity contribution in [3.63, 3.8) is 0 Å². The molecule has 2 aromatic heterocycles. The van der Waals surface area contributed by atoms with E-state index in [1.807, 2.05) is 36.4 Å². The van der Waals surface area contributed by atoms with Gasteiger partial charge in [0.25, 0.3) is 0 Å². The van der Waals surface area contributed by atoms with Crippen LogP contribution in [0, 0.1) is 0 Å². The van der Waals surface area contributed by atoms with Gasteiger partial charge in [0.05, 0.1) is 30.9 Å². The second kappa shape index (κ2) is 6.02. The molecule has 0 fully saturated rings. The number of methoxy groups -OCH3 is 2. The highest BCUT2D eigenvalue weighted by Gasteiger charge is 2.16. The fourth-order valence-corrected chi connectivity index (χ4v) is 3.70. The molecule has 0 N–H and O–H groups in total. The van der Waals surface area contributed by atoms with E-state index in [0.29, 0.717) is 0 Å². The second-order valence-electron chi connectivity index (χ2n) is 6.44. The van der Waals surface area contributed by atoms with Crippen molar-refractivity contribution in [3.05, 3.63) is 72.8 Å². The Morgan fingerprint density at radius 1 is 0.815 bits per heavy atom. The molecule has 0 saturated carbocycles. The van der Waals surface area contributed by atoms with Crippen molar-refractivity contribution in [2.75, 3.05) is 14.2 Å². The van der Waals surface area contributed by atoms with Crippen LogP contribution in [0.5, 0.6) is 11.5 Å². The molecule has 5 aromatic rings. The quantitative estimate of drug-likeness (QED) is 0.440. The molecule has 27 heavy (non-hydrogen) atoms. The monoisotopic (exact) mass is 354 g/mol. The maximum Gasteiger partial charge on any atom is 0.146 e. The SMILES string of the molecule is COc1ccc(-c2cc3ccccc3c3nc4ccccc4n23)c(OC)c1. The van der Waals surface area contributed by atoms with Gasteiger partial charge in [-0.05, 0) is 35.7 Å². The molecule has 4 heteroatoms. The van der Waals surface area contributed by atoms with Gasteiger partial charge in [0.1, 0.15) is 17.1 Å². The Hall–Kier alpha value is -3.53. The van der Waals surface area contributed by atoms with Crippen LogP contribution in [0.15, 0.2) is 72.8 Å². The first-order valence-corrected chi connectivity index (χ1v) is 8.81. The van der Waals surface area contributed by atoms with Crippen molar-refractivity contribution in [1.82, 2.24) is 9.38 Å². The number of imidazole rings is 1. The summed E-state index contributed by atoms with van der Waals surface area (Å²) < 4.78 is 13.2. The molecule has 0 bridgehead atoms. The van der Waals surface area contributed by atoms with Gasteiger partial charge in [0.2, 0.25) is 0 Å². The molecule has 4 nitrogen and oxygen atoms in total. The summed E-state index contributed by atoms with van der Waals surface area (Å²) in [4.78, 5) is 4.92. The largest absolute Gasteiger partial charge is 0.497 e. The molecule has 0 aliphatic carbocycles. The van der Waals surface area contributed by atoms with E-state index in [4.69, 9.17) is 14.5 Å². The topological polar surface area (TPSA) is 35.8 Å². The third-order valence-electron chi connectivity index (χ3n) is 4.98. The van der Waals surface area contributed by atoms with Crippen molar-refractivity contribution in [2.24, 2.45) is 0 Å². The highest BCUT2D eigenvalue weighted by Crippen LogP contribution is 2.37. The number of nitrogens with zero attached hydrogens (tertiary/aromatic N) is 2. The first-order chi connectivity index (χ1) is 13.3. The van der Waals surface area contributed by atoms with Crippen LogP contribution in [-0.2, 0) is 0 Å². The molecule has 2 heterocycles. The van der Waals surface area contributed by atoms with Crippen LogP contribution in [-0.4, -0.2) is 23.6 Å². The Balaban J connectivity index is 1.96. The zero-order valence-electron chi connectivity index (χ0n) is 15.1. The number of pyridine rings is 1. The molecule has 132 valence electrons. The summed E-state index contributed by atoms with van der Waals surface area (Å²) in [5, 5.41) is 2.28. The van der Waals surface area contributed by atoms with E-state index >= 15 is 0 Å². The average molecular weight is 354 g/mol. The van der Waals surface area contributed by atoms with E-state index in [1.165, 1.54) is 0 Å². The average Bonchev–Trinajstić information content (AvgIpc) is 3.12. The number of hydrogen-bond acceptors (Lipinski definition) is 3. The van der Waals surface area contributed by atoms with Crippen LogP contribution in [0.25, 0.3) is 38.7 Å². The fraction of sp³-hybridized carbons (Fsp3) is 0.0870. The number of para-hydroxylation sites is 2. The first-order valence-electron chi connectivity index (χ1n) is 8.81. The van der Waals surface area contributed by atoms with E-state index in [-0.39, 0.29) is 0 Å². The standard InChI is InChI=1S/C23H18N2O2/c1-26-16-11-12-18(22(14-16)27-2)21-13-15-7-3-4-8-17(15)23-24-19-9-5-6-10-20(19)25(21)23/h3-14H,1-2H3. The highest BCUT2D eigenvalue weighted by molar-refractivity contribution is 6.01. The van der Waals surface area contributed by atoms with Crippen LogP contribution >= 0.6 is 0 Å². The molecule has 5 rings (SSSR count). The van der Waals surface area contributed by atoms with Crippen LogP contribution in [0.3, 0.4) is 0 Å².